The van der Waals surface area contributed by atoms with Gasteiger partial charge in [-0.15, -0.1) is 0 Å². The summed E-state index contributed by atoms with van der Waals surface area (Å²) in [5, 5.41) is 0.126. The Morgan fingerprint density at radius 1 is 1.19 bits per heavy atom. The van der Waals surface area contributed by atoms with Gasteiger partial charge in [0, 0.05) is 12.2 Å². The van der Waals surface area contributed by atoms with Crippen molar-refractivity contribution in [3.8, 4) is 0 Å². The molecule has 0 aromatic heterocycles. The van der Waals surface area contributed by atoms with E-state index >= 15 is 0 Å². The van der Waals surface area contributed by atoms with Crippen molar-refractivity contribution >= 4 is 33.0 Å². The quantitative estimate of drug-likeness (QED) is 0.876. The molecular formula is C15H17ClN2O2S. The molecule has 2 rings (SSSR count). The third-order valence-corrected chi connectivity index (χ3v) is 5.49. The molecule has 0 aliphatic heterocycles. The van der Waals surface area contributed by atoms with Crippen LogP contribution in [0.25, 0.3) is 0 Å². The molecule has 112 valence electrons. The van der Waals surface area contributed by atoms with Crippen molar-refractivity contribution in [1.29, 1.82) is 0 Å². The second-order valence-corrected chi connectivity index (χ2v) is 6.94. The fourth-order valence-electron chi connectivity index (χ4n) is 2.12. The Hall–Kier alpha value is -1.72. The highest BCUT2D eigenvalue weighted by Gasteiger charge is 2.26. The molecule has 2 aromatic rings. The van der Waals surface area contributed by atoms with Gasteiger partial charge in [0.05, 0.1) is 10.7 Å². The van der Waals surface area contributed by atoms with E-state index in [1.54, 1.807) is 13.0 Å². The summed E-state index contributed by atoms with van der Waals surface area (Å²) in [5.41, 5.74) is 7.65. The van der Waals surface area contributed by atoms with Crippen molar-refractivity contribution in [2.45, 2.75) is 18.7 Å². The minimum atomic E-state index is -3.72. The first-order valence-electron chi connectivity index (χ1n) is 6.50. The van der Waals surface area contributed by atoms with Gasteiger partial charge in [-0.05, 0) is 49.7 Å². The third-order valence-electron chi connectivity index (χ3n) is 3.10. The van der Waals surface area contributed by atoms with Gasteiger partial charge in [0.15, 0.2) is 0 Å². The van der Waals surface area contributed by atoms with Gasteiger partial charge in [0.1, 0.15) is 4.90 Å². The van der Waals surface area contributed by atoms with Crippen molar-refractivity contribution in [2.75, 3.05) is 16.6 Å². The van der Waals surface area contributed by atoms with Crippen LogP contribution < -0.4 is 10.0 Å². The minimum absolute atomic E-state index is 0.0572. The zero-order valence-corrected chi connectivity index (χ0v) is 13.4. The van der Waals surface area contributed by atoms with E-state index in [0.29, 0.717) is 17.9 Å². The molecule has 0 amide bonds. The second-order valence-electron chi connectivity index (χ2n) is 4.70. The Morgan fingerprint density at radius 2 is 1.90 bits per heavy atom. The number of hydrogen-bond acceptors (Lipinski definition) is 3. The zero-order valence-electron chi connectivity index (χ0n) is 11.9. The molecule has 0 saturated carbocycles. The van der Waals surface area contributed by atoms with Crippen LogP contribution >= 0.6 is 11.6 Å². The van der Waals surface area contributed by atoms with E-state index in [1.807, 2.05) is 25.1 Å². The third kappa shape index (κ3) is 3.14. The first kappa shape index (κ1) is 15.7. The number of sulfonamides is 1. The number of nitrogens with two attached hydrogens (primary N) is 1. The molecule has 6 heteroatoms. The van der Waals surface area contributed by atoms with Gasteiger partial charge in [-0.2, -0.15) is 0 Å². The molecule has 2 aromatic carbocycles. The van der Waals surface area contributed by atoms with Crippen molar-refractivity contribution in [1.82, 2.24) is 0 Å². The van der Waals surface area contributed by atoms with Crippen LogP contribution in [0.5, 0.6) is 0 Å². The first-order chi connectivity index (χ1) is 9.86. The molecule has 0 aliphatic rings. The van der Waals surface area contributed by atoms with Crippen molar-refractivity contribution < 1.29 is 8.42 Å². The van der Waals surface area contributed by atoms with Crippen LogP contribution in [0.4, 0.5) is 11.4 Å². The van der Waals surface area contributed by atoms with Crippen LogP contribution in [-0.2, 0) is 10.0 Å². The van der Waals surface area contributed by atoms with E-state index in [0.717, 1.165) is 5.56 Å². The van der Waals surface area contributed by atoms with E-state index in [2.05, 4.69) is 0 Å². The lowest BCUT2D eigenvalue weighted by Crippen LogP contribution is -2.31. The Morgan fingerprint density at radius 3 is 2.48 bits per heavy atom. The molecule has 0 bridgehead atoms. The van der Waals surface area contributed by atoms with Gasteiger partial charge in [-0.3, -0.25) is 4.31 Å². The van der Waals surface area contributed by atoms with Crippen LogP contribution in [0.1, 0.15) is 12.5 Å². The summed E-state index contributed by atoms with van der Waals surface area (Å²) in [7, 11) is -3.72. The zero-order chi connectivity index (χ0) is 15.6. The standard InChI is InChI=1S/C15H17ClN2O2S/c1-3-18(13-6-4-5-11(2)9-13)21(19,20)15-8-7-12(17)10-14(15)16/h4-10H,3,17H2,1-2H3. The monoisotopic (exact) mass is 324 g/mol. The summed E-state index contributed by atoms with van der Waals surface area (Å²) in [6.45, 7) is 4.01. The SMILES string of the molecule is CCN(c1cccc(C)c1)S(=O)(=O)c1ccc(N)cc1Cl. The highest BCUT2D eigenvalue weighted by atomic mass is 35.5. The second kappa shape index (κ2) is 5.95. The molecule has 0 fully saturated rings. The number of nitrogen functional groups attached to an aromatic ring is 1. The molecule has 0 unspecified atom stereocenters. The van der Waals surface area contributed by atoms with Crippen molar-refractivity contribution in [3.63, 3.8) is 0 Å². The summed E-state index contributed by atoms with van der Waals surface area (Å²) < 4.78 is 26.9. The van der Waals surface area contributed by atoms with E-state index in [-0.39, 0.29) is 9.92 Å². The molecule has 0 saturated heterocycles. The maximum atomic E-state index is 12.8. The number of benzene rings is 2. The number of anilines is 2. The number of halogens is 1. The lowest BCUT2D eigenvalue weighted by Gasteiger charge is -2.23. The van der Waals surface area contributed by atoms with Crippen molar-refractivity contribution in [3.05, 3.63) is 53.1 Å². The Balaban J connectivity index is 2.54. The van der Waals surface area contributed by atoms with Crippen LogP contribution in [0.2, 0.25) is 5.02 Å². The highest BCUT2D eigenvalue weighted by molar-refractivity contribution is 7.93. The first-order valence-corrected chi connectivity index (χ1v) is 8.32. The van der Waals surface area contributed by atoms with E-state index < -0.39 is 10.0 Å². The molecule has 0 atom stereocenters. The summed E-state index contributed by atoms with van der Waals surface area (Å²) >= 11 is 6.05. The van der Waals surface area contributed by atoms with E-state index in [1.165, 1.54) is 22.5 Å². The van der Waals surface area contributed by atoms with Gasteiger partial charge >= 0.3 is 0 Å². The Kier molecular flexibility index (Phi) is 4.44. The molecule has 0 aliphatic carbocycles. The van der Waals surface area contributed by atoms with Gasteiger partial charge in [0.25, 0.3) is 10.0 Å². The fourth-order valence-corrected chi connectivity index (χ4v) is 4.11. The highest BCUT2D eigenvalue weighted by Crippen LogP contribution is 2.29. The van der Waals surface area contributed by atoms with Crippen LogP contribution in [0.15, 0.2) is 47.4 Å². The van der Waals surface area contributed by atoms with E-state index in [9.17, 15) is 8.42 Å². The van der Waals surface area contributed by atoms with Gasteiger partial charge in [-0.1, -0.05) is 23.7 Å². The predicted molar refractivity (Wildman–Crippen MR) is 87.2 cm³/mol. The summed E-state index contributed by atoms with van der Waals surface area (Å²) in [5.74, 6) is 0. The summed E-state index contributed by atoms with van der Waals surface area (Å²) in [4.78, 5) is 0.0572. The molecule has 2 N–H and O–H groups in total. The molecule has 0 heterocycles. The number of hydrogen-bond donors (Lipinski definition) is 1. The summed E-state index contributed by atoms with van der Waals surface area (Å²) in [6.07, 6.45) is 0. The fraction of sp³-hybridized carbons (Fsp3) is 0.200. The Labute approximate surface area is 130 Å². The maximum Gasteiger partial charge on any atom is 0.265 e. The van der Waals surface area contributed by atoms with Gasteiger partial charge < -0.3 is 5.73 Å². The van der Waals surface area contributed by atoms with Crippen LogP contribution in [0.3, 0.4) is 0 Å². The maximum absolute atomic E-state index is 12.8. The average Bonchev–Trinajstić information content (AvgIpc) is 2.38. The van der Waals surface area contributed by atoms with Crippen molar-refractivity contribution in [2.24, 2.45) is 0 Å². The Bertz CT molecular complexity index is 760. The number of rotatable bonds is 4. The summed E-state index contributed by atoms with van der Waals surface area (Å²) in [6, 6.07) is 11.7. The normalized spacial score (nSPS) is 11.4. The van der Waals surface area contributed by atoms with Gasteiger partial charge in [-0.25, -0.2) is 8.42 Å². The van der Waals surface area contributed by atoms with Crippen LogP contribution in [-0.4, -0.2) is 15.0 Å². The largest absolute Gasteiger partial charge is 0.399 e. The molecule has 0 spiro atoms. The lowest BCUT2D eigenvalue weighted by molar-refractivity contribution is 0.592. The van der Waals surface area contributed by atoms with E-state index in [4.69, 9.17) is 17.3 Å². The topological polar surface area (TPSA) is 63.4 Å². The molecular weight excluding hydrogens is 308 g/mol. The molecule has 4 nitrogen and oxygen atoms in total. The minimum Gasteiger partial charge on any atom is -0.399 e. The average molecular weight is 325 g/mol. The number of aryl methyl sites for hydroxylation is 1. The molecule has 21 heavy (non-hydrogen) atoms. The lowest BCUT2D eigenvalue weighted by atomic mass is 10.2. The van der Waals surface area contributed by atoms with Gasteiger partial charge in [0.2, 0.25) is 0 Å². The predicted octanol–water partition coefficient (Wildman–Crippen LogP) is 3.45. The molecule has 0 radical (unpaired) electrons. The smallest absolute Gasteiger partial charge is 0.265 e. The van der Waals surface area contributed by atoms with Crippen LogP contribution in [0, 0.1) is 6.92 Å². The number of nitrogens with zero attached hydrogens (tertiary/aromatic N) is 1.